The SMILES string of the molecule is COc1cc(/C=N/NC(=O)C(=O)Nc2ccccc2C(=O)NC2CCCCC2)ccc1OC(=O)c1cccc(Br)c1. The third kappa shape index (κ3) is 8.24. The molecule has 1 aliphatic rings. The van der Waals surface area contributed by atoms with Crippen molar-refractivity contribution in [2.45, 2.75) is 38.1 Å². The second-order valence-electron chi connectivity index (χ2n) is 9.32. The van der Waals surface area contributed by atoms with Gasteiger partial charge in [0.25, 0.3) is 5.91 Å². The molecule has 1 saturated carbocycles. The molecule has 1 fully saturated rings. The smallest absolute Gasteiger partial charge is 0.343 e. The van der Waals surface area contributed by atoms with Crippen molar-refractivity contribution < 1.29 is 28.7 Å². The Hall–Kier alpha value is -4.51. The molecule has 0 aromatic heterocycles. The average Bonchev–Trinajstić information content (AvgIpc) is 2.98. The molecule has 0 aliphatic heterocycles. The summed E-state index contributed by atoms with van der Waals surface area (Å²) >= 11 is 3.32. The molecule has 3 N–H and O–H groups in total. The van der Waals surface area contributed by atoms with E-state index in [-0.39, 0.29) is 34.7 Å². The molecule has 4 rings (SSSR count). The van der Waals surface area contributed by atoms with Crippen molar-refractivity contribution in [1.82, 2.24) is 10.7 Å². The summed E-state index contributed by atoms with van der Waals surface area (Å²) in [5.41, 5.74) is 3.53. The number of hydrogen-bond acceptors (Lipinski definition) is 7. The molecular formula is C30H29BrN4O6. The highest BCUT2D eigenvalue weighted by atomic mass is 79.9. The molecule has 0 unspecified atom stereocenters. The molecule has 212 valence electrons. The van der Waals surface area contributed by atoms with Crippen LogP contribution in [-0.4, -0.2) is 43.1 Å². The van der Waals surface area contributed by atoms with Crippen LogP contribution in [0.5, 0.6) is 11.5 Å². The predicted molar refractivity (Wildman–Crippen MR) is 157 cm³/mol. The van der Waals surface area contributed by atoms with Gasteiger partial charge in [-0.3, -0.25) is 14.4 Å². The number of ether oxygens (including phenoxy) is 2. The summed E-state index contributed by atoms with van der Waals surface area (Å²) in [4.78, 5) is 50.2. The number of hydrazone groups is 1. The first kappa shape index (κ1) is 29.5. The summed E-state index contributed by atoms with van der Waals surface area (Å²) in [7, 11) is 1.42. The van der Waals surface area contributed by atoms with Crippen LogP contribution in [0.2, 0.25) is 0 Å². The summed E-state index contributed by atoms with van der Waals surface area (Å²) in [6.07, 6.45) is 6.46. The van der Waals surface area contributed by atoms with Crippen molar-refractivity contribution in [2.75, 3.05) is 12.4 Å². The zero-order valence-corrected chi connectivity index (χ0v) is 23.9. The van der Waals surface area contributed by atoms with Crippen molar-refractivity contribution in [3.8, 4) is 11.5 Å². The Morgan fingerprint density at radius 1 is 0.902 bits per heavy atom. The molecule has 3 aromatic rings. The highest BCUT2D eigenvalue weighted by Crippen LogP contribution is 2.28. The molecule has 0 radical (unpaired) electrons. The van der Waals surface area contributed by atoms with Crippen molar-refractivity contribution in [1.29, 1.82) is 0 Å². The van der Waals surface area contributed by atoms with Crippen molar-refractivity contribution >= 4 is 51.5 Å². The number of nitrogens with one attached hydrogen (secondary N) is 3. The number of benzene rings is 3. The van der Waals surface area contributed by atoms with Crippen LogP contribution in [0.15, 0.2) is 76.3 Å². The molecule has 0 saturated heterocycles. The number of esters is 1. The molecule has 0 spiro atoms. The number of amides is 3. The van der Waals surface area contributed by atoms with Crippen LogP contribution < -0.4 is 25.5 Å². The van der Waals surface area contributed by atoms with Gasteiger partial charge in [0.15, 0.2) is 11.5 Å². The number of halogens is 1. The Morgan fingerprint density at radius 3 is 2.44 bits per heavy atom. The number of methoxy groups -OCH3 is 1. The monoisotopic (exact) mass is 620 g/mol. The van der Waals surface area contributed by atoms with Gasteiger partial charge >= 0.3 is 17.8 Å². The maximum atomic E-state index is 12.8. The number of para-hydroxylation sites is 1. The molecule has 11 heteroatoms. The standard InChI is InChI=1S/C30H29BrN4O6/c1-40-26-16-19(14-15-25(26)41-30(39)20-8-7-9-21(31)17-20)18-32-35-29(38)28(37)34-24-13-6-5-12-23(24)27(36)33-22-10-3-2-4-11-22/h5-9,12-18,22H,2-4,10-11H2,1H3,(H,33,36)(H,34,37)(H,35,38)/b32-18+. The number of hydrogen-bond donors (Lipinski definition) is 3. The van der Waals surface area contributed by atoms with E-state index in [1.165, 1.54) is 19.4 Å². The maximum absolute atomic E-state index is 12.8. The topological polar surface area (TPSA) is 135 Å². The lowest BCUT2D eigenvalue weighted by Gasteiger charge is -2.23. The number of carbonyl (C=O) groups excluding carboxylic acids is 4. The summed E-state index contributed by atoms with van der Waals surface area (Å²) in [6.45, 7) is 0. The first-order chi connectivity index (χ1) is 19.8. The highest BCUT2D eigenvalue weighted by molar-refractivity contribution is 9.10. The van der Waals surface area contributed by atoms with Crippen molar-refractivity contribution in [3.05, 3.63) is 87.9 Å². The van der Waals surface area contributed by atoms with Crippen LogP contribution in [-0.2, 0) is 9.59 Å². The Bertz CT molecular complexity index is 1470. The van der Waals surface area contributed by atoms with E-state index in [4.69, 9.17) is 9.47 Å². The molecule has 0 bridgehead atoms. The van der Waals surface area contributed by atoms with Crippen LogP contribution in [0.4, 0.5) is 5.69 Å². The third-order valence-electron chi connectivity index (χ3n) is 6.40. The molecule has 10 nitrogen and oxygen atoms in total. The fourth-order valence-corrected chi connectivity index (χ4v) is 4.72. The van der Waals surface area contributed by atoms with Gasteiger partial charge in [-0.05, 0) is 66.9 Å². The van der Waals surface area contributed by atoms with E-state index in [0.29, 0.717) is 11.1 Å². The minimum absolute atomic E-state index is 0.101. The summed E-state index contributed by atoms with van der Waals surface area (Å²) in [6, 6.07) is 18.1. The fourth-order valence-electron chi connectivity index (χ4n) is 4.32. The van der Waals surface area contributed by atoms with Crippen LogP contribution in [0.25, 0.3) is 0 Å². The molecule has 3 amide bonds. The minimum Gasteiger partial charge on any atom is -0.493 e. The minimum atomic E-state index is -1.02. The zero-order valence-electron chi connectivity index (χ0n) is 22.3. The third-order valence-corrected chi connectivity index (χ3v) is 6.89. The second-order valence-corrected chi connectivity index (χ2v) is 10.2. The van der Waals surface area contributed by atoms with E-state index in [1.807, 2.05) is 0 Å². The van der Waals surface area contributed by atoms with Gasteiger partial charge in [-0.1, -0.05) is 53.4 Å². The Labute approximate surface area is 245 Å². The highest BCUT2D eigenvalue weighted by Gasteiger charge is 2.21. The Morgan fingerprint density at radius 2 is 1.68 bits per heavy atom. The van der Waals surface area contributed by atoms with Gasteiger partial charge in [-0.15, -0.1) is 0 Å². The van der Waals surface area contributed by atoms with Gasteiger partial charge < -0.3 is 20.1 Å². The van der Waals surface area contributed by atoms with Crippen LogP contribution in [0.1, 0.15) is 58.4 Å². The van der Waals surface area contributed by atoms with Gasteiger partial charge in [0.2, 0.25) is 0 Å². The zero-order chi connectivity index (χ0) is 29.2. The van der Waals surface area contributed by atoms with E-state index in [1.54, 1.807) is 60.7 Å². The van der Waals surface area contributed by atoms with E-state index < -0.39 is 17.8 Å². The predicted octanol–water partition coefficient (Wildman–Crippen LogP) is 4.83. The quantitative estimate of drug-likeness (QED) is 0.109. The van der Waals surface area contributed by atoms with Crippen molar-refractivity contribution in [3.63, 3.8) is 0 Å². The van der Waals surface area contributed by atoms with Crippen LogP contribution in [0.3, 0.4) is 0 Å². The van der Waals surface area contributed by atoms with E-state index >= 15 is 0 Å². The maximum Gasteiger partial charge on any atom is 0.343 e. The number of nitrogens with zero attached hydrogens (tertiary/aromatic N) is 1. The van der Waals surface area contributed by atoms with Gasteiger partial charge in [0, 0.05) is 10.5 Å². The van der Waals surface area contributed by atoms with Gasteiger partial charge in [0.05, 0.1) is 30.1 Å². The number of anilines is 1. The number of carbonyl (C=O) groups is 4. The average molecular weight is 621 g/mol. The first-order valence-corrected chi connectivity index (χ1v) is 13.8. The summed E-state index contributed by atoms with van der Waals surface area (Å²) in [5.74, 6) is -2.39. The van der Waals surface area contributed by atoms with Gasteiger partial charge in [-0.25, -0.2) is 10.2 Å². The summed E-state index contributed by atoms with van der Waals surface area (Å²) < 4.78 is 11.5. The second kappa shape index (κ2) is 14.2. The molecule has 41 heavy (non-hydrogen) atoms. The molecule has 1 aliphatic carbocycles. The molecule has 0 heterocycles. The largest absolute Gasteiger partial charge is 0.493 e. The molecule has 3 aromatic carbocycles. The van der Waals surface area contributed by atoms with Gasteiger partial charge in [0.1, 0.15) is 0 Å². The van der Waals surface area contributed by atoms with Crippen LogP contribution >= 0.6 is 15.9 Å². The van der Waals surface area contributed by atoms with Crippen LogP contribution in [0, 0.1) is 0 Å². The lowest BCUT2D eigenvalue weighted by Crippen LogP contribution is -2.37. The lowest BCUT2D eigenvalue weighted by atomic mass is 9.95. The number of rotatable bonds is 8. The van der Waals surface area contributed by atoms with E-state index in [2.05, 4.69) is 37.1 Å². The fraction of sp³-hybridized carbons (Fsp3) is 0.233. The lowest BCUT2D eigenvalue weighted by molar-refractivity contribution is -0.136. The molecular weight excluding hydrogens is 592 g/mol. The van der Waals surface area contributed by atoms with E-state index in [0.717, 1.165) is 36.6 Å². The molecule has 0 atom stereocenters. The van der Waals surface area contributed by atoms with Crippen molar-refractivity contribution in [2.24, 2.45) is 5.10 Å². The Kier molecular flexibility index (Phi) is 10.2. The van der Waals surface area contributed by atoms with Gasteiger partial charge in [-0.2, -0.15) is 5.10 Å². The summed E-state index contributed by atoms with van der Waals surface area (Å²) in [5, 5.41) is 9.32. The van der Waals surface area contributed by atoms with E-state index in [9.17, 15) is 19.2 Å². The first-order valence-electron chi connectivity index (χ1n) is 13.0. The normalized spacial score (nSPS) is 13.3. The Balaban J connectivity index is 1.34.